The van der Waals surface area contributed by atoms with Crippen LogP contribution in [0.1, 0.15) is 49.2 Å². The summed E-state index contributed by atoms with van der Waals surface area (Å²) in [5, 5.41) is 5.24. The van der Waals surface area contributed by atoms with Crippen LogP contribution in [0.2, 0.25) is 0 Å². The summed E-state index contributed by atoms with van der Waals surface area (Å²) in [6.07, 6.45) is 6.73. The molecule has 3 aromatic rings. The fraction of sp³-hybridized carbons (Fsp3) is 0.304. The van der Waals surface area contributed by atoms with E-state index in [0.29, 0.717) is 6.04 Å². The Hall–Kier alpha value is -2.31. The Balaban J connectivity index is 1.48. The molecule has 1 saturated carbocycles. The molecule has 1 aliphatic carbocycles. The molecule has 2 aliphatic rings. The van der Waals surface area contributed by atoms with Crippen molar-refractivity contribution in [1.82, 2.24) is 15.2 Å². The highest BCUT2D eigenvalue weighted by atomic mass is 32.2. The van der Waals surface area contributed by atoms with Crippen molar-refractivity contribution >= 4 is 29.1 Å². The molecule has 1 aromatic carbocycles. The average molecular weight is 422 g/mol. The minimum absolute atomic E-state index is 0.00924. The lowest BCUT2D eigenvalue weighted by Gasteiger charge is -2.31. The summed E-state index contributed by atoms with van der Waals surface area (Å²) in [6, 6.07) is 21.0. The molecule has 0 bridgehead atoms. The van der Waals surface area contributed by atoms with Gasteiger partial charge in [-0.2, -0.15) is 0 Å². The van der Waals surface area contributed by atoms with Gasteiger partial charge < -0.3 is 14.6 Å². The minimum atomic E-state index is -0.00924. The molecular weight excluding hydrogens is 398 g/mol. The Morgan fingerprint density at radius 3 is 2.55 bits per heavy atom. The van der Waals surface area contributed by atoms with E-state index in [2.05, 4.69) is 45.5 Å². The summed E-state index contributed by atoms with van der Waals surface area (Å²) in [7, 11) is 0. The maximum absolute atomic E-state index is 6.36. The maximum atomic E-state index is 6.36. The first-order valence-electron chi connectivity index (χ1n) is 10.1. The topological polar surface area (TPSA) is 41.3 Å². The number of nitrogens with zero attached hydrogens (tertiary/aromatic N) is 2. The van der Waals surface area contributed by atoms with Gasteiger partial charge >= 0.3 is 0 Å². The fourth-order valence-corrected chi connectivity index (χ4v) is 5.59. The van der Waals surface area contributed by atoms with Gasteiger partial charge in [0.25, 0.3) is 0 Å². The number of hydrogen-bond acceptors (Lipinski definition) is 4. The van der Waals surface area contributed by atoms with E-state index in [-0.39, 0.29) is 12.1 Å². The lowest BCUT2D eigenvalue weighted by atomic mass is 10.0. The maximum Gasteiger partial charge on any atom is 0.170 e. The number of benzene rings is 1. The number of aromatic nitrogens is 1. The zero-order valence-electron chi connectivity index (χ0n) is 16.0. The Morgan fingerprint density at radius 2 is 1.79 bits per heavy atom. The number of rotatable bonds is 5. The molecule has 1 aliphatic heterocycles. The van der Waals surface area contributed by atoms with Crippen LogP contribution >= 0.6 is 24.0 Å². The molecular formula is C23H23N3OS2. The summed E-state index contributed by atoms with van der Waals surface area (Å²) in [4.78, 5) is 8.15. The molecule has 0 radical (unpaired) electrons. The van der Waals surface area contributed by atoms with E-state index in [9.17, 15) is 0 Å². The SMILES string of the molecule is S=C1N[C@H](c2ccccn2)[C@H](c2ccc(Sc3ccccc3)o2)N1C1CCCC1. The predicted molar refractivity (Wildman–Crippen MR) is 119 cm³/mol. The second kappa shape index (κ2) is 8.20. The summed E-state index contributed by atoms with van der Waals surface area (Å²) >= 11 is 7.43. The van der Waals surface area contributed by atoms with Gasteiger partial charge in [0.15, 0.2) is 10.2 Å². The molecule has 148 valence electrons. The zero-order valence-corrected chi connectivity index (χ0v) is 17.7. The Bertz CT molecular complexity index is 970. The second-order valence-corrected chi connectivity index (χ2v) is 9.01. The molecule has 2 aromatic heterocycles. The van der Waals surface area contributed by atoms with Crippen molar-refractivity contribution in [2.24, 2.45) is 0 Å². The highest BCUT2D eigenvalue weighted by Gasteiger charge is 2.45. The van der Waals surface area contributed by atoms with Crippen molar-refractivity contribution in [2.45, 2.75) is 53.8 Å². The van der Waals surface area contributed by atoms with Crippen molar-refractivity contribution in [3.05, 3.63) is 78.3 Å². The van der Waals surface area contributed by atoms with Gasteiger partial charge in [0.2, 0.25) is 0 Å². The molecule has 4 nitrogen and oxygen atoms in total. The van der Waals surface area contributed by atoms with Gasteiger partial charge in [-0.25, -0.2) is 0 Å². The Kier molecular flexibility index (Phi) is 5.29. The third-order valence-electron chi connectivity index (χ3n) is 5.71. The summed E-state index contributed by atoms with van der Waals surface area (Å²) in [5.41, 5.74) is 0.994. The van der Waals surface area contributed by atoms with Crippen molar-refractivity contribution in [1.29, 1.82) is 0 Å². The van der Waals surface area contributed by atoms with Crippen LogP contribution in [-0.2, 0) is 0 Å². The van der Waals surface area contributed by atoms with Crippen LogP contribution in [0.4, 0.5) is 0 Å². The van der Waals surface area contributed by atoms with Crippen LogP contribution in [0.25, 0.3) is 0 Å². The number of furan rings is 1. The van der Waals surface area contributed by atoms with E-state index in [1.54, 1.807) is 11.8 Å². The van der Waals surface area contributed by atoms with E-state index in [4.69, 9.17) is 16.6 Å². The molecule has 0 spiro atoms. The molecule has 2 atom stereocenters. The second-order valence-electron chi connectivity index (χ2n) is 7.54. The van der Waals surface area contributed by atoms with E-state index in [0.717, 1.165) is 21.7 Å². The number of nitrogens with one attached hydrogen (secondary N) is 1. The van der Waals surface area contributed by atoms with E-state index in [1.165, 1.54) is 30.6 Å². The molecule has 1 N–H and O–H groups in total. The normalized spacial score (nSPS) is 22.2. The van der Waals surface area contributed by atoms with Gasteiger partial charge in [-0.1, -0.05) is 48.9 Å². The first-order chi connectivity index (χ1) is 14.3. The Morgan fingerprint density at radius 1 is 1.00 bits per heavy atom. The van der Waals surface area contributed by atoms with E-state index in [1.807, 2.05) is 36.5 Å². The molecule has 0 amide bonds. The predicted octanol–water partition coefficient (Wildman–Crippen LogP) is 5.74. The standard InChI is InChI=1S/C23H23N3OS2/c28-23-25-21(18-12-6-7-15-24-18)22(26(23)16-8-4-5-9-16)19-13-14-20(27-19)29-17-10-2-1-3-11-17/h1-3,6-7,10-16,21-22H,4-5,8-9H2,(H,25,28)/t21-,22+/m1/s1. The summed E-state index contributed by atoms with van der Waals surface area (Å²) < 4.78 is 6.36. The van der Waals surface area contributed by atoms with Gasteiger partial charge in [-0.3, -0.25) is 4.98 Å². The number of hydrogen-bond donors (Lipinski definition) is 1. The van der Waals surface area contributed by atoms with Gasteiger partial charge in [0, 0.05) is 17.1 Å². The van der Waals surface area contributed by atoms with Crippen LogP contribution in [0.5, 0.6) is 0 Å². The van der Waals surface area contributed by atoms with Gasteiger partial charge in [-0.05, 0) is 61.5 Å². The van der Waals surface area contributed by atoms with Crippen LogP contribution in [0.3, 0.4) is 0 Å². The number of thiocarbonyl (C=S) groups is 1. The fourth-order valence-electron chi connectivity index (χ4n) is 4.40. The first-order valence-corrected chi connectivity index (χ1v) is 11.3. The minimum Gasteiger partial charge on any atom is -0.452 e. The third-order valence-corrected chi connectivity index (χ3v) is 6.97. The molecule has 6 heteroatoms. The van der Waals surface area contributed by atoms with Crippen molar-refractivity contribution < 1.29 is 4.42 Å². The lowest BCUT2D eigenvalue weighted by molar-refractivity contribution is 0.210. The Labute approximate surface area is 180 Å². The third kappa shape index (κ3) is 3.79. The van der Waals surface area contributed by atoms with Crippen LogP contribution in [0.15, 0.2) is 81.3 Å². The van der Waals surface area contributed by atoms with Gasteiger partial charge in [-0.15, -0.1) is 0 Å². The van der Waals surface area contributed by atoms with Crippen LogP contribution in [-0.4, -0.2) is 21.0 Å². The van der Waals surface area contributed by atoms with Gasteiger partial charge in [0.05, 0.1) is 11.7 Å². The monoisotopic (exact) mass is 421 g/mol. The lowest BCUT2D eigenvalue weighted by Crippen LogP contribution is -2.37. The summed E-state index contributed by atoms with van der Waals surface area (Å²) in [6.45, 7) is 0. The van der Waals surface area contributed by atoms with E-state index < -0.39 is 0 Å². The molecule has 1 saturated heterocycles. The van der Waals surface area contributed by atoms with Crippen LogP contribution in [0, 0.1) is 0 Å². The van der Waals surface area contributed by atoms with Crippen LogP contribution < -0.4 is 5.32 Å². The molecule has 3 heterocycles. The highest BCUT2D eigenvalue weighted by molar-refractivity contribution is 7.99. The molecule has 29 heavy (non-hydrogen) atoms. The summed E-state index contributed by atoms with van der Waals surface area (Å²) in [5.74, 6) is 0.943. The molecule has 0 unspecified atom stereocenters. The first kappa shape index (κ1) is 18.7. The number of pyridine rings is 1. The van der Waals surface area contributed by atoms with Gasteiger partial charge in [0.1, 0.15) is 11.8 Å². The van der Waals surface area contributed by atoms with Crippen molar-refractivity contribution in [3.63, 3.8) is 0 Å². The van der Waals surface area contributed by atoms with E-state index >= 15 is 0 Å². The zero-order chi connectivity index (χ0) is 19.6. The van der Waals surface area contributed by atoms with Crippen molar-refractivity contribution in [3.8, 4) is 0 Å². The average Bonchev–Trinajstić information content (AvgIpc) is 3.49. The quantitative estimate of drug-likeness (QED) is 0.530. The molecule has 5 rings (SSSR count). The smallest absolute Gasteiger partial charge is 0.170 e. The van der Waals surface area contributed by atoms with Crippen molar-refractivity contribution in [2.75, 3.05) is 0 Å². The highest BCUT2D eigenvalue weighted by Crippen LogP contribution is 2.44. The molecule has 2 fully saturated rings. The largest absolute Gasteiger partial charge is 0.452 e.